The van der Waals surface area contributed by atoms with Gasteiger partial charge in [-0.15, -0.1) is 0 Å². The summed E-state index contributed by atoms with van der Waals surface area (Å²) < 4.78 is 6.52. The summed E-state index contributed by atoms with van der Waals surface area (Å²) in [6, 6.07) is -0.414. The summed E-state index contributed by atoms with van der Waals surface area (Å²) in [7, 11) is 3.22. The molecule has 0 aromatic carbocycles. The first-order chi connectivity index (χ1) is 9.58. The van der Waals surface area contributed by atoms with Crippen LogP contribution in [0.25, 0.3) is 11.0 Å². The third kappa shape index (κ3) is 2.56. The lowest BCUT2D eigenvalue weighted by Crippen LogP contribution is -2.31. The quantitative estimate of drug-likeness (QED) is 0.832. The van der Waals surface area contributed by atoms with E-state index in [1.54, 1.807) is 4.68 Å². The van der Waals surface area contributed by atoms with Crippen LogP contribution in [0.5, 0.6) is 0 Å². The third-order valence-electron chi connectivity index (χ3n) is 3.17. The molecular formula is C13H19N5O2. The second kappa shape index (κ2) is 5.85. The number of fused-ring (bicyclic) bond motifs is 1. The highest BCUT2D eigenvalue weighted by Crippen LogP contribution is 2.23. The van der Waals surface area contributed by atoms with Crippen molar-refractivity contribution in [2.45, 2.75) is 32.7 Å². The van der Waals surface area contributed by atoms with Crippen LogP contribution in [0.15, 0.2) is 6.33 Å². The van der Waals surface area contributed by atoms with Crippen LogP contribution in [0.1, 0.15) is 25.5 Å². The monoisotopic (exact) mass is 277 g/mol. The highest BCUT2D eigenvalue weighted by molar-refractivity contribution is 5.91. The summed E-state index contributed by atoms with van der Waals surface area (Å²) in [5.74, 6) is 0.324. The van der Waals surface area contributed by atoms with E-state index in [1.807, 2.05) is 20.9 Å². The molecule has 108 valence electrons. The Balaban J connectivity index is 2.39. The van der Waals surface area contributed by atoms with Gasteiger partial charge in [-0.05, 0) is 13.3 Å². The number of methoxy groups -OCH3 is 1. The molecule has 2 aromatic rings. The van der Waals surface area contributed by atoms with Crippen molar-refractivity contribution in [3.8, 4) is 0 Å². The first kappa shape index (κ1) is 14.2. The molecule has 2 rings (SSSR count). The van der Waals surface area contributed by atoms with Crippen molar-refractivity contribution in [3.05, 3.63) is 12.0 Å². The smallest absolute Gasteiger partial charge is 0.328 e. The second-order valence-corrected chi connectivity index (χ2v) is 4.64. The highest BCUT2D eigenvalue weighted by atomic mass is 16.5. The fraction of sp³-hybridized carbons (Fsp3) is 0.538. The Kier molecular flexibility index (Phi) is 4.16. The van der Waals surface area contributed by atoms with E-state index in [9.17, 15) is 4.79 Å². The number of rotatable bonds is 5. The van der Waals surface area contributed by atoms with Crippen LogP contribution in [0.2, 0.25) is 0 Å². The Morgan fingerprint density at radius 3 is 2.90 bits per heavy atom. The number of carbonyl (C=O) groups is 1. The van der Waals surface area contributed by atoms with Gasteiger partial charge in [0.05, 0.1) is 18.2 Å². The number of nitrogens with one attached hydrogen (secondary N) is 1. The molecule has 1 atom stereocenters. The number of aromatic nitrogens is 4. The van der Waals surface area contributed by atoms with Gasteiger partial charge in [0.15, 0.2) is 5.65 Å². The Hall–Kier alpha value is -2.18. The van der Waals surface area contributed by atoms with Crippen molar-refractivity contribution in [3.63, 3.8) is 0 Å². The first-order valence-corrected chi connectivity index (χ1v) is 6.57. The van der Waals surface area contributed by atoms with Gasteiger partial charge in [-0.1, -0.05) is 13.3 Å². The molecule has 0 saturated carbocycles. The lowest BCUT2D eigenvalue weighted by Gasteiger charge is -2.16. The number of hydrogen-bond donors (Lipinski definition) is 1. The van der Waals surface area contributed by atoms with Gasteiger partial charge in [0, 0.05) is 7.05 Å². The topological polar surface area (TPSA) is 81.9 Å². The molecule has 0 aliphatic carbocycles. The molecule has 7 heteroatoms. The number of carbonyl (C=O) groups excluding carboxylic acids is 1. The average Bonchev–Trinajstić information content (AvgIpc) is 2.73. The van der Waals surface area contributed by atoms with Crippen LogP contribution in [0.3, 0.4) is 0 Å². The Labute approximate surface area is 117 Å². The molecule has 0 unspecified atom stereocenters. The summed E-state index contributed by atoms with van der Waals surface area (Å²) in [6.07, 6.45) is 3.01. The van der Waals surface area contributed by atoms with E-state index < -0.39 is 6.04 Å². The maximum atomic E-state index is 11.8. The van der Waals surface area contributed by atoms with E-state index in [0.29, 0.717) is 12.2 Å². The van der Waals surface area contributed by atoms with Gasteiger partial charge in [0.25, 0.3) is 0 Å². The maximum Gasteiger partial charge on any atom is 0.328 e. The van der Waals surface area contributed by atoms with E-state index in [1.165, 1.54) is 13.4 Å². The van der Waals surface area contributed by atoms with E-state index in [2.05, 4.69) is 20.4 Å². The molecule has 0 radical (unpaired) electrons. The Morgan fingerprint density at radius 2 is 2.25 bits per heavy atom. The van der Waals surface area contributed by atoms with Crippen molar-refractivity contribution in [2.75, 3.05) is 12.4 Å². The molecular weight excluding hydrogens is 258 g/mol. The fourth-order valence-electron chi connectivity index (χ4n) is 2.23. The molecule has 2 aromatic heterocycles. The number of esters is 1. The van der Waals surface area contributed by atoms with Gasteiger partial charge in [0.2, 0.25) is 0 Å². The molecule has 0 amide bonds. The lowest BCUT2D eigenvalue weighted by atomic mass is 10.1. The molecule has 0 saturated heterocycles. The summed E-state index contributed by atoms with van der Waals surface area (Å²) >= 11 is 0. The molecule has 20 heavy (non-hydrogen) atoms. The van der Waals surface area contributed by atoms with Crippen molar-refractivity contribution < 1.29 is 9.53 Å². The van der Waals surface area contributed by atoms with Crippen molar-refractivity contribution in [1.29, 1.82) is 0 Å². The van der Waals surface area contributed by atoms with Gasteiger partial charge >= 0.3 is 5.97 Å². The van der Waals surface area contributed by atoms with Crippen LogP contribution < -0.4 is 5.32 Å². The van der Waals surface area contributed by atoms with Gasteiger partial charge in [-0.2, -0.15) is 5.10 Å². The fourth-order valence-corrected chi connectivity index (χ4v) is 2.23. The minimum atomic E-state index is -0.414. The van der Waals surface area contributed by atoms with Gasteiger partial charge < -0.3 is 10.1 Å². The zero-order valence-corrected chi connectivity index (χ0v) is 12.2. The molecule has 0 bridgehead atoms. The lowest BCUT2D eigenvalue weighted by molar-refractivity contribution is -0.141. The van der Waals surface area contributed by atoms with Crippen molar-refractivity contribution in [2.24, 2.45) is 7.05 Å². The highest BCUT2D eigenvalue weighted by Gasteiger charge is 2.21. The largest absolute Gasteiger partial charge is 0.467 e. The zero-order chi connectivity index (χ0) is 14.7. The number of hydrogen-bond acceptors (Lipinski definition) is 6. The maximum absolute atomic E-state index is 11.8. The van der Waals surface area contributed by atoms with Crippen LogP contribution in [0, 0.1) is 6.92 Å². The van der Waals surface area contributed by atoms with E-state index in [-0.39, 0.29) is 5.97 Å². The van der Waals surface area contributed by atoms with E-state index in [4.69, 9.17) is 4.74 Å². The average molecular weight is 277 g/mol. The molecule has 0 aliphatic rings. The van der Waals surface area contributed by atoms with Gasteiger partial charge in [-0.3, -0.25) is 4.68 Å². The van der Waals surface area contributed by atoms with Crippen molar-refractivity contribution >= 4 is 22.8 Å². The second-order valence-electron chi connectivity index (χ2n) is 4.64. The molecule has 1 N–H and O–H groups in total. The minimum Gasteiger partial charge on any atom is -0.467 e. The number of ether oxygens (including phenoxy) is 1. The number of aryl methyl sites for hydroxylation is 2. The predicted molar refractivity (Wildman–Crippen MR) is 75.4 cm³/mol. The van der Waals surface area contributed by atoms with E-state index in [0.717, 1.165) is 23.1 Å². The summed E-state index contributed by atoms with van der Waals surface area (Å²) in [6.45, 7) is 3.91. The first-order valence-electron chi connectivity index (χ1n) is 6.57. The molecule has 0 spiro atoms. The molecule has 0 fully saturated rings. The standard InChI is InChI=1S/C13H19N5O2/c1-5-6-9(13(19)20-4)16-11-10-8(2)17-18(3)12(10)15-7-14-11/h7,9H,5-6H2,1-4H3,(H,14,15,16)/t9-/m1/s1. The van der Waals surface area contributed by atoms with Crippen molar-refractivity contribution in [1.82, 2.24) is 19.7 Å². The van der Waals surface area contributed by atoms with Crippen LogP contribution in [0.4, 0.5) is 5.82 Å². The molecule has 2 heterocycles. The minimum absolute atomic E-state index is 0.292. The van der Waals surface area contributed by atoms with Crippen LogP contribution in [-0.2, 0) is 16.6 Å². The van der Waals surface area contributed by atoms with Crippen LogP contribution in [-0.4, -0.2) is 38.9 Å². The molecule has 0 aliphatic heterocycles. The molecule has 7 nitrogen and oxygen atoms in total. The van der Waals surface area contributed by atoms with E-state index >= 15 is 0 Å². The number of nitrogens with zero attached hydrogens (tertiary/aromatic N) is 4. The Morgan fingerprint density at radius 1 is 1.50 bits per heavy atom. The SMILES string of the molecule is CCC[C@@H](Nc1ncnc2c1c(C)nn2C)C(=O)OC. The summed E-state index contributed by atoms with van der Waals surface area (Å²) in [5, 5.41) is 8.31. The van der Waals surface area contributed by atoms with Gasteiger partial charge in [-0.25, -0.2) is 14.8 Å². The predicted octanol–water partition coefficient (Wildman–Crippen LogP) is 1.43. The third-order valence-corrected chi connectivity index (χ3v) is 3.17. The van der Waals surface area contributed by atoms with Crippen LogP contribution >= 0.6 is 0 Å². The Bertz CT molecular complexity index is 622. The number of anilines is 1. The van der Waals surface area contributed by atoms with Gasteiger partial charge in [0.1, 0.15) is 18.2 Å². The zero-order valence-electron chi connectivity index (χ0n) is 12.2. The summed E-state index contributed by atoms with van der Waals surface area (Å²) in [4.78, 5) is 20.2. The normalized spacial score (nSPS) is 12.4. The summed E-state index contributed by atoms with van der Waals surface area (Å²) in [5.41, 5.74) is 1.56.